The van der Waals surface area contributed by atoms with Crippen LogP contribution in [0.25, 0.3) is 28.6 Å². The molecule has 252 valence electrons. The van der Waals surface area contributed by atoms with Crippen LogP contribution in [0.3, 0.4) is 0 Å². The van der Waals surface area contributed by atoms with E-state index in [1.165, 1.54) is 40.9 Å². The molecule has 0 spiro atoms. The first-order valence-electron chi connectivity index (χ1n) is 15.7. The highest BCUT2D eigenvalue weighted by atomic mass is 79.9. The third kappa shape index (κ3) is 7.52. The van der Waals surface area contributed by atoms with Gasteiger partial charge in [-0.25, -0.2) is 14.3 Å². The zero-order valence-electron chi connectivity index (χ0n) is 26.5. The van der Waals surface area contributed by atoms with Crippen LogP contribution in [0.5, 0.6) is 0 Å². The number of anilines is 2. The lowest BCUT2D eigenvalue weighted by atomic mass is 10.1. The summed E-state index contributed by atoms with van der Waals surface area (Å²) in [5, 5.41) is 4.63. The van der Waals surface area contributed by atoms with Crippen molar-refractivity contribution in [1.82, 2.24) is 10.3 Å². The predicted octanol–water partition coefficient (Wildman–Crippen LogP) is 8.23. The minimum atomic E-state index is -0.786. The van der Waals surface area contributed by atoms with E-state index in [1.807, 2.05) is 24.3 Å². The molecular formula is C39H26BrFN4O5S. The average molecular weight is 762 g/mol. The van der Waals surface area contributed by atoms with Gasteiger partial charge in [0.25, 0.3) is 11.8 Å². The SMILES string of the molecule is O=C(Nc1cccc(SC2CC(=O)N(c3ccc(-c4nc5ccccc5o4)cc3)C2=O)c1)C(=Cc1ccc(Br)cc1)NC(=O)c1ccccc1F. The standard InChI is InChI=1S/C39H26BrFN4O5S/c40-25-16-12-23(13-17-25)20-32(43-36(47)29-8-1-2-9-30(29)41)37(48)42-26-6-5-7-28(21-26)51-34-22-35(46)45(39(34)49)27-18-14-24(15-19-27)38-44-31-10-3-4-11-33(31)50-38/h1-21,34H,22H2,(H,42,48)(H,43,47). The Hall–Kier alpha value is -5.85. The lowest BCUT2D eigenvalue weighted by Crippen LogP contribution is -2.31. The molecule has 0 bridgehead atoms. The van der Waals surface area contributed by atoms with Crippen molar-refractivity contribution in [2.45, 2.75) is 16.6 Å². The van der Waals surface area contributed by atoms with Crippen LogP contribution in [0.2, 0.25) is 0 Å². The second-order valence-electron chi connectivity index (χ2n) is 11.4. The van der Waals surface area contributed by atoms with Crippen LogP contribution in [-0.4, -0.2) is 33.9 Å². The Balaban J connectivity index is 1.05. The molecule has 2 N–H and O–H groups in total. The molecule has 51 heavy (non-hydrogen) atoms. The zero-order chi connectivity index (χ0) is 35.5. The number of thioether (sulfide) groups is 1. The van der Waals surface area contributed by atoms with Gasteiger partial charge in [0.2, 0.25) is 17.7 Å². The number of hydrogen-bond acceptors (Lipinski definition) is 7. The summed E-state index contributed by atoms with van der Waals surface area (Å²) in [6, 6.07) is 33.7. The second-order valence-corrected chi connectivity index (χ2v) is 13.6. The summed E-state index contributed by atoms with van der Waals surface area (Å²) in [6.07, 6.45) is 1.48. The highest BCUT2D eigenvalue weighted by Crippen LogP contribution is 2.36. The minimum absolute atomic E-state index is 0.00484. The van der Waals surface area contributed by atoms with Crippen LogP contribution in [-0.2, 0) is 14.4 Å². The van der Waals surface area contributed by atoms with Crippen LogP contribution in [0.1, 0.15) is 22.3 Å². The minimum Gasteiger partial charge on any atom is -0.436 e. The predicted molar refractivity (Wildman–Crippen MR) is 197 cm³/mol. The van der Waals surface area contributed by atoms with Gasteiger partial charge in [-0.2, -0.15) is 0 Å². The zero-order valence-corrected chi connectivity index (χ0v) is 28.9. The molecule has 7 rings (SSSR count). The summed E-state index contributed by atoms with van der Waals surface area (Å²) in [4.78, 5) is 59.4. The van der Waals surface area contributed by atoms with Gasteiger partial charge in [0.1, 0.15) is 17.0 Å². The molecule has 9 nitrogen and oxygen atoms in total. The Morgan fingerprint density at radius 3 is 2.41 bits per heavy atom. The van der Waals surface area contributed by atoms with Crippen molar-refractivity contribution in [3.05, 3.63) is 148 Å². The van der Waals surface area contributed by atoms with E-state index in [0.717, 1.165) is 16.1 Å². The van der Waals surface area contributed by atoms with Crippen molar-refractivity contribution in [2.24, 2.45) is 0 Å². The lowest BCUT2D eigenvalue weighted by Gasteiger charge is -2.15. The van der Waals surface area contributed by atoms with Crippen LogP contribution >= 0.6 is 27.7 Å². The summed E-state index contributed by atoms with van der Waals surface area (Å²) < 4.78 is 21.0. The maximum absolute atomic E-state index is 14.4. The number of aromatic nitrogens is 1. The van der Waals surface area contributed by atoms with Crippen molar-refractivity contribution in [2.75, 3.05) is 10.2 Å². The average Bonchev–Trinajstić information content (AvgIpc) is 3.69. The van der Waals surface area contributed by atoms with Gasteiger partial charge in [-0.05, 0) is 90.5 Å². The summed E-state index contributed by atoms with van der Waals surface area (Å²) in [5.74, 6) is -2.41. The molecule has 0 aliphatic carbocycles. The fourth-order valence-electron chi connectivity index (χ4n) is 5.45. The molecule has 1 aliphatic rings. The molecule has 1 atom stereocenters. The number of rotatable bonds is 9. The molecule has 1 aromatic heterocycles. The molecule has 2 heterocycles. The first-order chi connectivity index (χ1) is 24.7. The molecule has 6 aromatic rings. The molecule has 1 saturated heterocycles. The number of hydrogen-bond donors (Lipinski definition) is 2. The quantitative estimate of drug-likeness (QED) is 0.113. The number of amides is 4. The van der Waals surface area contributed by atoms with E-state index in [0.29, 0.717) is 38.9 Å². The Morgan fingerprint density at radius 2 is 1.65 bits per heavy atom. The maximum atomic E-state index is 14.4. The lowest BCUT2D eigenvalue weighted by molar-refractivity contribution is -0.121. The third-order valence-electron chi connectivity index (χ3n) is 7.93. The largest absolute Gasteiger partial charge is 0.436 e. The molecule has 0 radical (unpaired) electrons. The van der Waals surface area contributed by atoms with Crippen molar-refractivity contribution in [1.29, 1.82) is 0 Å². The van der Waals surface area contributed by atoms with E-state index in [9.17, 15) is 23.6 Å². The molecule has 1 unspecified atom stereocenters. The van der Waals surface area contributed by atoms with Gasteiger partial charge in [-0.3, -0.25) is 19.2 Å². The smallest absolute Gasteiger partial charge is 0.272 e. The van der Waals surface area contributed by atoms with Gasteiger partial charge < -0.3 is 15.1 Å². The maximum Gasteiger partial charge on any atom is 0.272 e. The second kappa shape index (κ2) is 14.6. The number of benzene rings is 5. The number of carbonyl (C=O) groups excluding carboxylic acids is 4. The first-order valence-corrected chi connectivity index (χ1v) is 17.3. The van der Waals surface area contributed by atoms with Gasteiger partial charge in [0.15, 0.2) is 5.58 Å². The monoisotopic (exact) mass is 760 g/mol. The van der Waals surface area contributed by atoms with Gasteiger partial charge >= 0.3 is 0 Å². The van der Waals surface area contributed by atoms with E-state index in [-0.39, 0.29) is 29.5 Å². The molecular weight excluding hydrogens is 735 g/mol. The van der Waals surface area contributed by atoms with Crippen molar-refractivity contribution in [3.8, 4) is 11.5 Å². The van der Waals surface area contributed by atoms with E-state index in [4.69, 9.17) is 4.42 Å². The molecule has 12 heteroatoms. The fraction of sp³-hybridized carbons (Fsp3) is 0.0513. The van der Waals surface area contributed by atoms with Crippen molar-refractivity contribution < 1.29 is 28.0 Å². The topological polar surface area (TPSA) is 122 Å². The highest BCUT2D eigenvalue weighted by molar-refractivity contribution is 9.10. The first kappa shape index (κ1) is 33.6. The number of para-hydroxylation sites is 2. The molecule has 4 amide bonds. The van der Waals surface area contributed by atoms with Crippen LogP contribution in [0.15, 0.2) is 141 Å². The molecule has 1 fully saturated rings. The number of halogens is 2. The van der Waals surface area contributed by atoms with E-state index in [1.54, 1.807) is 72.8 Å². The summed E-state index contributed by atoms with van der Waals surface area (Å²) in [5.41, 5.74) is 3.22. The molecule has 1 aliphatic heterocycles. The number of carbonyl (C=O) groups is 4. The molecule has 5 aromatic carbocycles. The van der Waals surface area contributed by atoms with Gasteiger partial charge in [-0.15, -0.1) is 11.8 Å². The Bertz CT molecular complexity index is 2310. The van der Waals surface area contributed by atoms with E-state index < -0.39 is 22.9 Å². The molecule has 0 saturated carbocycles. The fourth-order valence-corrected chi connectivity index (χ4v) is 6.82. The number of nitrogens with zero attached hydrogens (tertiary/aromatic N) is 2. The third-order valence-corrected chi connectivity index (χ3v) is 9.64. The Kier molecular flexibility index (Phi) is 9.60. The van der Waals surface area contributed by atoms with Crippen molar-refractivity contribution in [3.63, 3.8) is 0 Å². The van der Waals surface area contributed by atoms with Crippen molar-refractivity contribution >= 4 is 79.9 Å². The Morgan fingerprint density at radius 1 is 0.902 bits per heavy atom. The summed E-state index contributed by atoms with van der Waals surface area (Å²) in [7, 11) is 0. The van der Waals surface area contributed by atoms with Crippen LogP contribution in [0, 0.1) is 5.82 Å². The van der Waals surface area contributed by atoms with Gasteiger partial charge in [0, 0.05) is 27.0 Å². The number of oxazole rings is 1. The van der Waals surface area contributed by atoms with Crippen LogP contribution < -0.4 is 15.5 Å². The Labute approximate surface area is 303 Å². The number of nitrogens with one attached hydrogen (secondary N) is 2. The van der Waals surface area contributed by atoms with Gasteiger partial charge in [-0.1, -0.05) is 58.4 Å². The number of imide groups is 1. The van der Waals surface area contributed by atoms with E-state index in [2.05, 4.69) is 31.5 Å². The number of fused-ring (bicyclic) bond motifs is 1. The van der Waals surface area contributed by atoms with E-state index >= 15 is 0 Å². The summed E-state index contributed by atoms with van der Waals surface area (Å²) >= 11 is 4.59. The normalized spacial score (nSPS) is 14.6. The summed E-state index contributed by atoms with van der Waals surface area (Å²) in [6.45, 7) is 0. The van der Waals surface area contributed by atoms with Crippen LogP contribution in [0.4, 0.5) is 15.8 Å². The van der Waals surface area contributed by atoms with Gasteiger partial charge in [0.05, 0.1) is 16.5 Å². The highest BCUT2D eigenvalue weighted by Gasteiger charge is 2.40.